The van der Waals surface area contributed by atoms with E-state index in [4.69, 9.17) is 11.5 Å². The molecule has 0 amide bonds. The van der Waals surface area contributed by atoms with Crippen molar-refractivity contribution < 1.29 is 26.3 Å². The second-order valence-corrected chi connectivity index (χ2v) is 5.75. The minimum atomic E-state index is -4.95. The monoisotopic (exact) mass is 387 g/mol. The highest BCUT2D eigenvalue weighted by Crippen LogP contribution is 2.39. The molecule has 0 radical (unpaired) electrons. The summed E-state index contributed by atoms with van der Waals surface area (Å²) in [6.07, 6.45) is -9.91. The van der Waals surface area contributed by atoms with E-state index >= 15 is 0 Å². The van der Waals surface area contributed by atoms with Crippen molar-refractivity contribution in [2.75, 3.05) is 11.5 Å². The molecule has 0 aliphatic heterocycles. The van der Waals surface area contributed by atoms with Gasteiger partial charge >= 0.3 is 12.4 Å². The number of hydrogen-bond donors (Lipinski definition) is 2. The largest absolute Gasteiger partial charge is 0.416 e. The summed E-state index contributed by atoms with van der Waals surface area (Å²) < 4.78 is 78.5. The van der Waals surface area contributed by atoms with Gasteiger partial charge in [0.1, 0.15) is 5.82 Å². The van der Waals surface area contributed by atoms with Crippen LogP contribution in [-0.2, 0) is 12.4 Å². The van der Waals surface area contributed by atoms with E-state index in [-0.39, 0.29) is 45.7 Å². The smallest absolute Gasteiger partial charge is 0.383 e. The van der Waals surface area contributed by atoms with Gasteiger partial charge < -0.3 is 11.5 Å². The van der Waals surface area contributed by atoms with Crippen molar-refractivity contribution in [1.82, 2.24) is 15.0 Å². The van der Waals surface area contributed by atoms with Crippen LogP contribution in [0.15, 0.2) is 24.3 Å². The van der Waals surface area contributed by atoms with Gasteiger partial charge in [-0.05, 0) is 36.8 Å². The predicted octanol–water partition coefficient (Wildman–Crippen LogP) is 4.20. The summed E-state index contributed by atoms with van der Waals surface area (Å²) in [5.41, 5.74) is 8.33. The summed E-state index contributed by atoms with van der Waals surface area (Å²) in [7, 11) is 0. The van der Waals surface area contributed by atoms with Gasteiger partial charge in [-0.25, -0.2) is 4.98 Å². The Bertz CT molecular complexity index is 1010. The van der Waals surface area contributed by atoms with E-state index in [9.17, 15) is 26.3 Å². The molecule has 0 saturated heterocycles. The van der Waals surface area contributed by atoms with Crippen LogP contribution >= 0.6 is 0 Å². The summed E-state index contributed by atoms with van der Waals surface area (Å²) in [6, 6.07) is 2.60. The Balaban J connectivity index is 2.31. The Morgan fingerprint density at radius 3 is 1.85 bits per heavy atom. The zero-order valence-electron chi connectivity index (χ0n) is 13.6. The normalized spacial score (nSPS) is 12.6. The Morgan fingerprint density at radius 2 is 1.33 bits per heavy atom. The van der Waals surface area contributed by atoms with Gasteiger partial charge in [-0.15, -0.1) is 0 Å². The predicted molar refractivity (Wildman–Crippen MR) is 86.3 cm³/mol. The van der Waals surface area contributed by atoms with Crippen molar-refractivity contribution >= 4 is 22.8 Å². The van der Waals surface area contributed by atoms with E-state index in [2.05, 4.69) is 15.0 Å². The van der Waals surface area contributed by atoms with Gasteiger partial charge in [0.05, 0.1) is 16.5 Å². The average molecular weight is 387 g/mol. The van der Waals surface area contributed by atoms with Gasteiger partial charge in [0, 0.05) is 11.3 Å². The number of anilines is 2. The molecule has 0 fully saturated rings. The molecule has 2 heterocycles. The molecular weight excluding hydrogens is 376 g/mol. The van der Waals surface area contributed by atoms with E-state index in [1.807, 2.05) is 0 Å². The van der Waals surface area contributed by atoms with Crippen LogP contribution in [0.2, 0.25) is 0 Å². The fourth-order valence-electron chi connectivity index (χ4n) is 2.59. The summed E-state index contributed by atoms with van der Waals surface area (Å²) in [6.45, 7) is 1.43. The van der Waals surface area contributed by atoms with E-state index < -0.39 is 23.5 Å². The molecule has 0 bridgehead atoms. The molecule has 0 aliphatic rings. The molecule has 5 nitrogen and oxygen atoms in total. The van der Waals surface area contributed by atoms with Crippen molar-refractivity contribution in [3.8, 4) is 11.1 Å². The number of halogens is 6. The number of alkyl halides is 6. The Kier molecular flexibility index (Phi) is 4.12. The summed E-state index contributed by atoms with van der Waals surface area (Å²) in [5.74, 6) is -0.243. The highest BCUT2D eigenvalue weighted by Gasteiger charge is 2.37. The van der Waals surface area contributed by atoms with Gasteiger partial charge in [0.15, 0.2) is 5.65 Å². The fourth-order valence-corrected chi connectivity index (χ4v) is 2.59. The molecule has 3 aromatic rings. The number of aromatic nitrogens is 3. The first kappa shape index (κ1) is 18.7. The third-order valence-electron chi connectivity index (χ3n) is 3.82. The second-order valence-electron chi connectivity index (χ2n) is 5.75. The van der Waals surface area contributed by atoms with Crippen LogP contribution in [0.5, 0.6) is 0 Å². The molecule has 2 aromatic heterocycles. The van der Waals surface area contributed by atoms with Crippen molar-refractivity contribution in [2.45, 2.75) is 19.3 Å². The highest BCUT2D eigenvalue weighted by molar-refractivity contribution is 5.90. The Hall–Kier alpha value is -3.11. The van der Waals surface area contributed by atoms with Crippen LogP contribution in [0, 0.1) is 6.92 Å². The molecule has 0 atom stereocenters. The minimum absolute atomic E-state index is 0.0409. The van der Waals surface area contributed by atoms with Gasteiger partial charge in [-0.3, -0.25) is 0 Å². The first-order valence-electron chi connectivity index (χ1n) is 7.36. The fraction of sp³-hybridized carbons (Fsp3) is 0.188. The summed E-state index contributed by atoms with van der Waals surface area (Å²) in [4.78, 5) is 11.7. The van der Waals surface area contributed by atoms with E-state index in [0.717, 1.165) is 0 Å². The van der Waals surface area contributed by atoms with Crippen molar-refractivity contribution in [3.05, 3.63) is 41.1 Å². The van der Waals surface area contributed by atoms with Crippen LogP contribution in [-0.4, -0.2) is 15.0 Å². The zero-order chi connectivity index (χ0) is 20.1. The standard InChI is InChI=1S/C16H11F6N5/c1-6-10(5-11-12(23)26-14(24)27-13(11)25-6)7-2-8(15(17,18)19)4-9(3-7)16(20,21)22/h2-5H,1H3,(H4,23,24,25,26,27). The number of nitrogens with two attached hydrogens (primary N) is 2. The molecule has 1 aromatic carbocycles. The van der Waals surface area contributed by atoms with Crippen LogP contribution in [0.1, 0.15) is 16.8 Å². The molecule has 0 spiro atoms. The zero-order valence-corrected chi connectivity index (χ0v) is 13.6. The van der Waals surface area contributed by atoms with Gasteiger partial charge in [0.25, 0.3) is 0 Å². The van der Waals surface area contributed by atoms with Gasteiger partial charge in [-0.1, -0.05) is 0 Å². The third kappa shape index (κ3) is 3.57. The highest BCUT2D eigenvalue weighted by atomic mass is 19.4. The maximum absolute atomic E-state index is 13.1. The topological polar surface area (TPSA) is 90.7 Å². The number of nitrogens with zero attached hydrogens (tertiary/aromatic N) is 3. The molecular formula is C16H11F6N5. The van der Waals surface area contributed by atoms with E-state index in [0.29, 0.717) is 12.1 Å². The molecule has 11 heteroatoms. The lowest BCUT2D eigenvalue weighted by Crippen LogP contribution is -2.11. The number of nitrogen functional groups attached to an aromatic ring is 2. The Labute approximate surface area is 148 Å². The average Bonchev–Trinajstić information content (AvgIpc) is 2.52. The molecule has 0 unspecified atom stereocenters. The lowest BCUT2D eigenvalue weighted by atomic mass is 9.97. The quantitative estimate of drug-likeness (QED) is 0.611. The molecule has 4 N–H and O–H groups in total. The first-order valence-corrected chi connectivity index (χ1v) is 7.36. The first-order chi connectivity index (χ1) is 12.4. The number of fused-ring (bicyclic) bond motifs is 1. The van der Waals surface area contributed by atoms with Crippen LogP contribution in [0.4, 0.5) is 38.1 Å². The van der Waals surface area contributed by atoms with Gasteiger partial charge in [-0.2, -0.15) is 36.3 Å². The maximum Gasteiger partial charge on any atom is 0.416 e. The van der Waals surface area contributed by atoms with E-state index in [1.54, 1.807) is 0 Å². The van der Waals surface area contributed by atoms with E-state index in [1.165, 1.54) is 13.0 Å². The van der Waals surface area contributed by atoms with Crippen LogP contribution in [0.3, 0.4) is 0 Å². The van der Waals surface area contributed by atoms with Gasteiger partial charge in [0.2, 0.25) is 5.95 Å². The number of aryl methyl sites for hydroxylation is 1. The molecule has 0 saturated carbocycles. The summed E-state index contributed by atoms with van der Waals surface area (Å²) >= 11 is 0. The SMILES string of the molecule is Cc1nc2nc(N)nc(N)c2cc1-c1cc(C(F)(F)F)cc(C(F)(F)F)c1. The summed E-state index contributed by atoms with van der Waals surface area (Å²) in [5, 5.41) is 0.163. The lowest BCUT2D eigenvalue weighted by Gasteiger charge is -2.15. The number of rotatable bonds is 1. The number of benzene rings is 1. The number of pyridine rings is 1. The van der Waals surface area contributed by atoms with Crippen LogP contribution in [0.25, 0.3) is 22.2 Å². The van der Waals surface area contributed by atoms with Crippen molar-refractivity contribution in [1.29, 1.82) is 0 Å². The molecule has 142 valence electrons. The number of hydrogen-bond acceptors (Lipinski definition) is 5. The molecule has 0 aliphatic carbocycles. The minimum Gasteiger partial charge on any atom is -0.383 e. The van der Waals surface area contributed by atoms with Crippen molar-refractivity contribution in [2.24, 2.45) is 0 Å². The van der Waals surface area contributed by atoms with Crippen LogP contribution < -0.4 is 11.5 Å². The Morgan fingerprint density at radius 1 is 0.778 bits per heavy atom. The maximum atomic E-state index is 13.1. The molecule has 27 heavy (non-hydrogen) atoms. The van der Waals surface area contributed by atoms with Crippen molar-refractivity contribution in [3.63, 3.8) is 0 Å². The third-order valence-corrected chi connectivity index (χ3v) is 3.82. The molecule has 3 rings (SSSR count). The lowest BCUT2D eigenvalue weighted by molar-refractivity contribution is -0.143. The second kappa shape index (κ2) is 5.96.